The molecule has 1 unspecified atom stereocenters. The highest BCUT2D eigenvalue weighted by Crippen LogP contribution is 2.33. The molecule has 2 aliphatic heterocycles. The van der Waals surface area contributed by atoms with Crippen molar-refractivity contribution in [1.29, 1.82) is 0 Å². The lowest BCUT2D eigenvalue weighted by atomic mass is 10.1. The summed E-state index contributed by atoms with van der Waals surface area (Å²) in [6.07, 6.45) is 2.21. The minimum atomic E-state index is 0.665. The summed E-state index contributed by atoms with van der Waals surface area (Å²) in [6.45, 7) is 3.83. The molecule has 3 heteroatoms. The van der Waals surface area contributed by atoms with E-state index >= 15 is 0 Å². The van der Waals surface area contributed by atoms with Crippen molar-refractivity contribution in [3.8, 4) is 11.5 Å². The third-order valence-corrected chi connectivity index (χ3v) is 3.34. The Bertz CT molecular complexity index is 372. The van der Waals surface area contributed by atoms with Crippen molar-refractivity contribution in [2.75, 3.05) is 26.3 Å². The van der Waals surface area contributed by atoms with Crippen LogP contribution >= 0.6 is 0 Å². The van der Waals surface area contributed by atoms with Gasteiger partial charge in [0.05, 0.1) is 13.2 Å². The van der Waals surface area contributed by atoms with Gasteiger partial charge in [0.15, 0.2) is 0 Å². The van der Waals surface area contributed by atoms with Crippen LogP contribution in [0.5, 0.6) is 11.5 Å². The topological polar surface area (TPSA) is 30.5 Å². The maximum atomic E-state index is 5.91. The maximum Gasteiger partial charge on any atom is 0.126 e. The molecular formula is C13H17NO2. The second-order valence-corrected chi connectivity index (χ2v) is 4.50. The molecule has 1 aromatic carbocycles. The van der Waals surface area contributed by atoms with E-state index in [4.69, 9.17) is 9.47 Å². The van der Waals surface area contributed by atoms with E-state index in [0.29, 0.717) is 5.92 Å². The summed E-state index contributed by atoms with van der Waals surface area (Å²) in [5, 5.41) is 3.36. The SMILES string of the molecule is c1cc2c(c(OCC3CCNC3)c1)CCO2. The Morgan fingerprint density at radius 1 is 1.44 bits per heavy atom. The van der Waals surface area contributed by atoms with Gasteiger partial charge in [-0.25, -0.2) is 0 Å². The predicted octanol–water partition coefficient (Wildman–Crippen LogP) is 1.61. The summed E-state index contributed by atoms with van der Waals surface area (Å²) in [5.74, 6) is 2.68. The first kappa shape index (κ1) is 9.97. The fraction of sp³-hybridized carbons (Fsp3) is 0.538. The molecule has 2 aliphatic rings. The molecular weight excluding hydrogens is 202 g/mol. The molecule has 1 N–H and O–H groups in total. The number of hydrogen-bond donors (Lipinski definition) is 1. The van der Waals surface area contributed by atoms with Crippen LogP contribution in [0.3, 0.4) is 0 Å². The molecule has 1 atom stereocenters. The fourth-order valence-corrected chi connectivity index (χ4v) is 2.39. The first-order valence-electron chi connectivity index (χ1n) is 6.02. The van der Waals surface area contributed by atoms with E-state index in [9.17, 15) is 0 Å². The summed E-state index contributed by atoms with van der Waals surface area (Å²) in [7, 11) is 0. The van der Waals surface area contributed by atoms with Crippen LogP contribution in [-0.2, 0) is 6.42 Å². The molecule has 0 radical (unpaired) electrons. The fourth-order valence-electron chi connectivity index (χ4n) is 2.39. The zero-order valence-electron chi connectivity index (χ0n) is 9.37. The largest absolute Gasteiger partial charge is 0.493 e. The average Bonchev–Trinajstić information content (AvgIpc) is 2.97. The molecule has 1 aromatic rings. The van der Waals surface area contributed by atoms with E-state index in [1.54, 1.807) is 0 Å². The lowest BCUT2D eigenvalue weighted by molar-refractivity contribution is 0.258. The van der Waals surface area contributed by atoms with E-state index in [0.717, 1.165) is 44.2 Å². The van der Waals surface area contributed by atoms with Crippen molar-refractivity contribution < 1.29 is 9.47 Å². The molecule has 3 rings (SSSR count). The van der Waals surface area contributed by atoms with Crippen LogP contribution in [0.4, 0.5) is 0 Å². The molecule has 16 heavy (non-hydrogen) atoms. The number of nitrogens with one attached hydrogen (secondary N) is 1. The molecule has 1 fully saturated rings. The van der Waals surface area contributed by atoms with Gasteiger partial charge in [-0.15, -0.1) is 0 Å². The second-order valence-electron chi connectivity index (χ2n) is 4.50. The highest BCUT2D eigenvalue weighted by Gasteiger charge is 2.19. The Kier molecular flexibility index (Phi) is 2.70. The van der Waals surface area contributed by atoms with E-state index in [-0.39, 0.29) is 0 Å². The van der Waals surface area contributed by atoms with Crippen LogP contribution in [0, 0.1) is 5.92 Å². The zero-order chi connectivity index (χ0) is 10.8. The van der Waals surface area contributed by atoms with E-state index in [2.05, 4.69) is 11.4 Å². The summed E-state index contributed by atoms with van der Waals surface area (Å²) >= 11 is 0. The standard InChI is InChI=1S/C13H17NO2/c1-2-12-11(5-7-15-12)13(3-1)16-9-10-4-6-14-8-10/h1-3,10,14H,4-9H2. The summed E-state index contributed by atoms with van der Waals surface area (Å²) in [4.78, 5) is 0. The van der Waals surface area contributed by atoms with Gasteiger partial charge in [-0.1, -0.05) is 6.07 Å². The quantitative estimate of drug-likeness (QED) is 0.837. The van der Waals surface area contributed by atoms with E-state index in [1.807, 2.05) is 12.1 Å². The van der Waals surface area contributed by atoms with Crippen molar-refractivity contribution in [3.05, 3.63) is 23.8 Å². The molecule has 1 saturated heterocycles. The minimum absolute atomic E-state index is 0.665. The van der Waals surface area contributed by atoms with E-state index < -0.39 is 0 Å². The van der Waals surface area contributed by atoms with Gasteiger partial charge in [-0.2, -0.15) is 0 Å². The summed E-state index contributed by atoms with van der Waals surface area (Å²) in [6, 6.07) is 6.08. The molecule has 86 valence electrons. The van der Waals surface area contributed by atoms with Gasteiger partial charge in [-0.3, -0.25) is 0 Å². The van der Waals surface area contributed by atoms with Gasteiger partial charge in [-0.05, 0) is 25.1 Å². The Morgan fingerprint density at radius 3 is 3.31 bits per heavy atom. The smallest absolute Gasteiger partial charge is 0.126 e. The molecule has 0 saturated carbocycles. The first-order valence-corrected chi connectivity index (χ1v) is 6.02. The molecule has 0 aromatic heterocycles. The van der Waals surface area contributed by atoms with Gasteiger partial charge in [0, 0.05) is 24.4 Å². The predicted molar refractivity (Wildman–Crippen MR) is 62.1 cm³/mol. The van der Waals surface area contributed by atoms with Crippen molar-refractivity contribution in [1.82, 2.24) is 5.32 Å². The third-order valence-electron chi connectivity index (χ3n) is 3.34. The Labute approximate surface area is 95.8 Å². The minimum Gasteiger partial charge on any atom is -0.493 e. The zero-order valence-corrected chi connectivity index (χ0v) is 9.37. The molecule has 0 spiro atoms. The summed E-state index contributed by atoms with van der Waals surface area (Å²) < 4.78 is 11.4. The summed E-state index contributed by atoms with van der Waals surface area (Å²) in [5.41, 5.74) is 1.24. The van der Waals surface area contributed by atoms with Crippen molar-refractivity contribution in [2.24, 2.45) is 5.92 Å². The third kappa shape index (κ3) is 1.87. The highest BCUT2D eigenvalue weighted by atomic mass is 16.5. The number of hydrogen-bond acceptors (Lipinski definition) is 3. The number of benzene rings is 1. The van der Waals surface area contributed by atoms with Gasteiger partial charge >= 0.3 is 0 Å². The monoisotopic (exact) mass is 219 g/mol. The normalized spacial score (nSPS) is 22.9. The first-order chi connectivity index (χ1) is 7.93. The van der Waals surface area contributed by atoms with Gasteiger partial charge < -0.3 is 14.8 Å². The van der Waals surface area contributed by atoms with Crippen LogP contribution in [0.15, 0.2) is 18.2 Å². The van der Waals surface area contributed by atoms with Crippen molar-refractivity contribution in [3.63, 3.8) is 0 Å². The number of fused-ring (bicyclic) bond motifs is 1. The average molecular weight is 219 g/mol. The van der Waals surface area contributed by atoms with Gasteiger partial charge in [0.2, 0.25) is 0 Å². The molecule has 0 bridgehead atoms. The molecule has 0 aliphatic carbocycles. The molecule has 2 heterocycles. The lowest BCUT2D eigenvalue weighted by Crippen LogP contribution is -2.15. The molecule has 3 nitrogen and oxygen atoms in total. The highest BCUT2D eigenvalue weighted by molar-refractivity contribution is 5.46. The molecule has 0 amide bonds. The van der Waals surface area contributed by atoms with Gasteiger partial charge in [0.25, 0.3) is 0 Å². The second kappa shape index (κ2) is 4.34. The number of ether oxygens (including phenoxy) is 2. The van der Waals surface area contributed by atoms with Crippen molar-refractivity contribution >= 4 is 0 Å². The Hall–Kier alpha value is -1.22. The number of rotatable bonds is 3. The van der Waals surface area contributed by atoms with Crippen LogP contribution in [0.1, 0.15) is 12.0 Å². The van der Waals surface area contributed by atoms with Crippen molar-refractivity contribution in [2.45, 2.75) is 12.8 Å². The van der Waals surface area contributed by atoms with Crippen LogP contribution in [-0.4, -0.2) is 26.3 Å². The van der Waals surface area contributed by atoms with E-state index in [1.165, 1.54) is 12.0 Å². The lowest BCUT2D eigenvalue weighted by Gasteiger charge is -2.13. The Morgan fingerprint density at radius 2 is 2.44 bits per heavy atom. The maximum absolute atomic E-state index is 5.91. The van der Waals surface area contributed by atoms with Gasteiger partial charge in [0.1, 0.15) is 11.5 Å². The van der Waals surface area contributed by atoms with Crippen LogP contribution in [0.25, 0.3) is 0 Å². The van der Waals surface area contributed by atoms with Crippen LogP contribution in [0.2, 0.25) is 0 Å². The Balaban J connectivity index is 1.67. The van der Waals surface area contributed by atoms with Crippen LogP contribution < -0.4 is 14.8 Å².